The molecule has 3 N–H and O–H groups in total. The van der Waals surface area contributed by atoms with Crippen LogP contribution in [-0.4, -0.2) is 24.2 Å². The number of hydrogen-bond donors (Lipinski definition) is 3. The maximum atomic E-state index is 12.2. The zero-order chi connectivity index (χ0) is 20.4. The van der Waals surface area contributed by atoms with E-state index in [1.807, 2.05) is 63.2 Å². The molecule has 0 saturated carbocycles. The minimum atomic E-state index is -0.203. The minimum Gasteiger partial charge on any atom is -0.490 e. The SMILES string of the molecule is CCOc1ccc(CC(=O)NNC(=S)NCc2ccc(C)cc2)cc1OCC. The highest BCUT2D eigenvalue weighted by atomic mass is 32.1. The highest BCUT2D eigenvalue weighted by molar-refractivity contribution is 7.80. The molecule has 0 aliphatic carbocycles. The molecule has 0 radical (unpaired) electrons. The maximum absolute atomic E-state index is 12.2. The topological polar surface area (TPSA) is 71.6 Å². The van der Waals surface area contributed by atoms with Gasteiger partial charge in [-0.15, -0.1) is 0 Å². The molecule has 0 aromatic heterocycles. The quantitative estimate of drug-likeness (QED) is 0.467. The van der Waals surface area contributed by atoms with Gasteiger partial charge in [0.15, 0.2) is 16.6 Å². The first-order valence-electron chi connectivity index (χ1n) is 9.28. The van der Waals surface area contributed by atoms with E-state index in [9.17, 15) is 4.79 Å². The number of rotatable bonds is 8. The number of amides is 1. The van der Waals surface area contributed by atoms with Gasteiger partial charge in [-0.3, -0.25) is 15.6 Å². The van der Waals surface area contributed by atoms with Crippen LogP contribution in [0.4, 0.5) is 0 Å². The monoisotopic (exact) mass is 401 g/mol. The van der Waals surface area contributed by atoms with Crippen molar-refractivity contribution in [1.82, 2.24) is 16.2 Å². The van der Waals surface area contributed by atoms with E-state index in [-0.39, 0.29) is 12.3 Å². The van der Waals surface area contributed by atoms with Crippen molar-refractivity contribution in [3.05, 3.63) is 59.2 Å². The Hall–Kier alpha value is -2.80. The first-order chi connectivity index (χ1) is 13.5. The molecular weight excluding hydrogens is 374 g/mol. The van der Waals surface area contributed by atoms with Crippen LogP contribution in [0.2, 0.25) is 0 Å². The summed E-state index contributed by atoms with van der Waals surface area (Å²) in [6.45, 7) is 7.52. The minimum absolute atomic E-state index is 0.194. The lowest BCUT2D eigenvalue weighted by molar-refractivity contribution is -0.121. The van der Waals surface area contributed by atoms with E-state index in [4.69, 9.17) is 21.7 Å². The summed E-state index contributed by atoms with van der Waals surface area (Å²) in [6.07, 6.45) is 0.194. The third-order valence-electron chi connectivity index (χ3n) is 3.86. The van der Waals surface area contributed by atoms with Gasteiger partial charge in [0.05, 0.1) is 19.6 Å². The summed E-state index contributed by atoms with van der Waals surface area (Å²) >= 11 is 5.19. The number of hydrazine groups is 1. The van der Waals surface area contributed by atoms with Crippen LogP contribution in [-0.2, 0) is 17.8 Å². The Morgan fingerprint density at radius 3 is 2.25 bits per heavy atom. The van der Waals surface area contributed by atoms with Crippen molar-refractivity contribution >= 4 is 23.2 Å². The van der Waals surface area contributed by atoms with Crippen molar-refractivity contribution in [3.8, 4) is 11.5 Å². The lowest BCUT2D eigenvalue weighted by Crippen LogP contribution is -2.47. The van der Waals surface area contributed by atoms with Gasteiger partial charge in [0, 0.05) is 6.54 Å². The maximum Gasteiger partial charge on any atom is 0.242 e. The third-order valence-corrected chi connectivity index (χ3v) is 4.11. The molecule has 0 spiro atoms. The van der Waals surface area contributed by atoms with Gasteiger partial charge in [-0.1, -0.05) is 35.9 Å². The second-order valence-electron chi connectivity index (χ2n) is 6.17. The second kappa shape index (κ2) is 11.1. The Bertz CT molecular complexity index is 794. The van der Waals surface area contributed by atoms with E-state index in [0.29, 0.717) is 36.4 Å². The molecule has 0 atom stereocenters. The molecule has 150 valence electrons. The number of ether oxygens (including phenoxy) is 2. The Morgan fingerprint density at radius 1 is 0.929 bits per heavy atom. The van der Waals surface area contributed by atoms with Crippen molar-refractivity contribution < 1.29 is 14.3 Å². The number of carbonyl (C=O) groups excluding carboxylic acids is 1. The highest BCUT2D eigenvalue weighted by Crippen LogP contribution is 2.28. The van der Waals surface area contributed by atoms with Gasteiger partial charge in [0.2, 0.25) is 5.91 Å². The molecule has 1 amide bonds. The molecule has 0 fully saturated rings. The number of aryl methyl sites for hydroxylation is 1. The number of benzene rings is 2. The van der Waals surface area contributed by atoms with Gasteiger partial charge < -0.3 is 14.8 Å². The van der Waals surface area contributed by atoms with E-state index in [2.05, 4.69) is 16.2 Å². The van der Waals surface area contributed by atoms with Crippen LogP contribution in [0.15, 0.2) is 42.5 Å². The van der Waals surface area contributed by atoms with Crippen LogP contribution in [0.3, 0.4) is 0 Å². The summed E-state index contributed by atoms with van der Waals surface area (Å²) in [5, 5.41) is 3.41. The third kappa shape index (κ3) is 7.08. The highest BCUT2D eigenvalue weighted by Gasteiger charge is 2.09. The summed E-state index contributed by atoms with van der Waals surface area (Å²) in [4.78, 5) is 12.2. The Labute approximate surface area is 171 Å². The fourth-order valence-corrected chi connectivity index (χ4v) is 2.62. The predicted molar refractivity (Wildman–Crippen MR) is 114 cm³/mol. The molecule has 7 heteroatoms. The van der Waals surface area contributed by atoms with Gasteiger partial charge in [0.1, 0.15) is 0 Å². The Balaban J connectivity index is 1.80. The molecule has 2 aromatic rings. The summed E-state index contributed by atoms with van der Waals surface area (Å²) < 4.78 is 11.1. The van der Waals surface area contributed by atoms with Gasteiger partial charge in [-0.05, 0) is 56.2 Å². The van der Waals surface area contributed by atoms with Crippen LogP contribution in [0, 0.1) is 6.92 Å². The first kappa shape index (κ1) is 21.5. The molecule has 2 aromatic carbocycles. The molecular formula is C21H27N3O3S. The number of hydrogen-bond acceptors (Lipinski definition) is 4. The van der Waals surface area contributed by atoms with Crippen LogP contribution in [0.5, 0.6) is 11.5 Å². The normalized spacial score (nSPS) is 10.1. The van der Waals surface area contributed by atoms with Crippen molar-refractivity contribution in [2.24, 2.45) is 0 Å². The van der Waals surface area contributed by atoms with E-state index in [1.165, 1.54) is 5.56 Å². The van der Waals surface area contributed by atoms with Crippen LogP contribution < -0.4 is 25.6 Å². The molecule has 0 aliphatic rings. The number of thiocarbonyl (C=S) groups is 1. The summed E-state index contributed by atoms with van der Waals surface area (Å²) in [7, 11) is 0. The predicted octanol–water partition coefficient (Wildman–Crippen LogP) is 3.03. The molecule has 0 aliphatic heterocycles. The molecule has 0 saturated heterocycles. The van der Waals surface area contributed by atoms with Crippen molar-refractivity contribution in [2.45, 2.75) is 33.7 Å². The first-order valence-corrected chi connectivity index (χ1v) is 9.69. The van der Waals surface area contributed by atoms with Crippen molar-refractivity contribution in [1.29, 1.82) is 0 Å². The van der Waals surface area contributed by atoms with Crippen molar-refractivity contribution in [2.75, 3.05) is 13.2 Å². The van der Waals surface area contributed by atoms with E-state index in [0.717, 1.165) is 11.1 Å². The van der Waals surface area contributed by atoms with E-state index >= 15 is 0 Å². The van der Waals surface area contributed by atoms with E-state index < -0.39 is 0 Å². The zero-order valence-corrected chi connectivity index (χ0v) is 17.3. The fraction of sp³-hybridized carbons (Fsp3) is 0.333. The summed E-state index contributed by atoms with van der Waals surface area (Å²) in [5.41, 5.74) is 8.46. The second-order valence-corrected chi connectivity index (χ2v) is 6.57. The van der Waals surface area contributed by atoms with E-state index in [1.54, 1.807) is 0 Å². The van der Waals surface area contributed by atoms with Crippen LogP contribution in [0.1, 0.15) is 30.5 Å². The van der Waals surface area contributed by atoms with Crippen molar-refractivity contribution in [3.63, 3.8) is 0 Å². The molecule has 28 heavy (non-hydrogen) atoms. The lowest BCUT2D eigenvalue weighted by atomic mass is 10.1. The summed E-state index contributed by atoms with van der Waals surface area (Å²) in [5.74, 6) is 1.11. The molecule has 6 nitrogen and oxygen atoms in total. The smallest absolute Gasteiger partial charge is 0.242 e. The lowest BCUT2D eigenvalue weighted by Gasteiger charge is -2.14. The van der Waals surface area contributed by atoms with Gasteiger partial charge in [-0.25, -0.2) is 0 Å². The number of carbonyl (C=O) groups is 1. The largest absolute Gasteiger partial charge is 0.490 e. The van der Waals surface area contributed by atoms with Gasteiger partial charge in [0.25, 0.3) is 0 Å². The molecule has 0 bridgehead atoms. The molecule has 0 heterocycles. The zero-order valence-electron chi connectivity index (χ0n) is 16.5. The number of nitrogens with one attached hydrogen (secondary N) is 3. The summed E-state index contributed by atoms with van der Waals surface area (Å²) in [6, 6.07) is 13.6. The Morgan fingerprint density at radius 2 is 1.57 bits per heavy atom. The standard InChI is InChI=1S/C21H27N3O3S/c1-4-26-18-11-10-17(12-19(18)27-5-2)13-20(25)23-24-21(28)22-14-16-8-6-15(3)7-9-16/h6-12H,4-5,13-14H2,1-3H3,(H,23,25)(H2,22,24,28). The van der Waals surface area contributed by atoms with Gasteiger partial charge in [-0.2, -0.15) is 0 Å². The van der Waals surface area contributed by atoms with Gasteiger partial charge >= 0.3 is 0 Å². The average Bonchev–Trinajstić information content (AvgIpc) is 2.68. The Kier molecular flexibility index (Phi) is 8.55. The molecule has 2 rings (SSSR count). The molecule has 0 unspecified atom stereocenters. The van der Waals surface area contributed by atoms with Crippen LogP contribution in [0.25, 0.3) is 0 Å². The fourth-order valence-electron chi connectivity index (χ4n) is 2.49. The average molecular weight is 402 g/mol. The van der Waals surface area contributed by atoms with Crippen LogP contribution >= 0.6 is 12.2 Å².